The van der Waals surface area contributed by atoms with Crippen molar-refractivity contribution in [1.29, 1.82) is 0 Å². The molecular formula is H2AlInNiO3. The van der Waals surface area contributed by atoms with E-state index in [1.165, 1.54) is 0 Å². The van der Waals surface area contributed by atoms with Crippen LogP contribution in [0.2, 0.25) is 0 Å². The molecule has 0 saturated carbocycles. The molecule has 0 bridgehead atoms. The van der Waals surface area contributed by atoms with Gasteiger partial charge in [-0.3, -0.25) is 0 Å². The van der Waals surface area contributed by atoms with E-state index in [-0.39, 0.29) is 24.4 Å². The third-order valence-electron chi connectivity index (χ3n) is 0. The van der Waals surface area contributed by atoms with E-state index in [4.69, 9.17) is 10.6 Å². The SMILES string of the molecule is [O]=[AlH].[O]=[InH].[O]=[Ni]. The van der Waals surface area contributed by atoms with E-state index in [2.05, 4.69) is 15.4 Å². The summed E-state index contributed by atoms with van der Waals surface area (Å²) in [5.74, 6) is 0. The Morgan fingerprint density at radius 1 is 1.17 bits per heavy atom. The van der Waals surface area contributed by atoms with Crippen LogP contribution in [0.25, 0.3) is 0 Å². The molecule has 0 radical (unpaired) electrons. The Kier molecular flexibility index (Phi) is 275. The van der Waals surface area contributed by atoms with E-state index in [0.717, 1.165) is 0 Å². The van der Waals surface area contributed by atoms with Crippen molar-refractivity contribution in [2.75, 3.05) is 0 Å². The van der Waals surface area contributed by atoms with Gasteiger partial charge in [0.25, 0.3) is 0 Å². The predicted molar refractivity (Wildman–Crippen MR) is 16.4 cm³/mol. The van der Waals surface area contributed by atoms with Crippen molar-refractivity contribution < 1.29 is 25.9 Å². The molecule has 0 amide bonds. The topological polar surface area (TPSA) is 51.2 Å². The summed E-state index contributed by atoms with van der Waals surface area (Å²) in [7, 11) is 0. The van der Waals surface area contributed by atoms with Gasteiger partial charge in [-0.25, -0.2) is 0 Å². The summed E-state index contributed by atoms with van der Waals surface area (Å²) in [5, 5.41) is 0. The van der Waals surface area contributed by atoms with Gasteiger partial charge in [0.1, 0.15) is 0 Å². The molecule has 0 aliphatic heterocycles. The number of hydrogen-bond acceptors (Lipinski definition) is 3. The van der Waals surface area contributed by atoms with Crippen LogP contribution < -0.4 is 0 Å². The van der Waals surface area contributed by atoms with Gasteiger partial charge in [0.2, 0.25) is 0 Å². The summed E-state index contributed by atoms with van der Waals surface area (Å²) in [6.45, 7) is 0. The Balaban J connectivity index is -0.0000000225. The number of rotatable bonds is 0. The second-order valence-corrected chi connectivity index (χ2v) is 0. The normalized spacial score (nSPS) is 2.00. The molecule has 0 aromatic carbocycles. The Labute approximate surface area is 66.1 Å². The molecular weight excluding hydrogens is 248 g/mol. The van der Waals surface area contributed by atoms with Gasteiger partial charge in [0, 0.05) is 0 Å². The van der Waals surface area contributed by atoms with Gasteiger partial charge in [-0.15, -0.1) is 0 Å². The van der Waals surface area contributed by atoms with Gasteiger partial charge in [-0.2, -0.15) is 0 Å². The van der Waals surface area contributed by atoms with Crippen molar-refractivity contribution in [2.24, 2.45) is 0 Å². The molecule has 0 heterocycles. The number of hydrogen-bond donors (Lipinski definition) is 0. The van der Waals surface area contributed by atoms with E-state index in [1.807, 2.05) is 0 Å². The van der Waals surface area contributed by atoms with Crippen LogP contribution in [-0.4, -0.2) is 40.6 Å². The summed E-state index contributed by atoms with van der Waals surface area (Å²) in [4.78, 5) is 0. The molecule has 0 aromatic rings. The van der Waals surface area contributed by atoms with Crippen molar-refractivity contribution in [2.45, 2.75) is 0 Å². The van der Waals surface area contributed by atoms with Crippen LogP contribution in [0.5, 0.6) is 0 Å². The molecule has 0 spiro atoms. The van der Waals surface area contributed by atoms with Crippen LogP contribution in [0, 0.1) is 0 Å². The zero-order chi connectivity index (χ0) is 6.00. The van der Waals surface area contributed by atoms with Gasteiger partial charge < -0.3 is 0 Å². The Morgan fingerprint density at radius 2 is 1.17 bits per heavy atom. The molecule has 36 valence electrons. The second kappa shape index (κ2) is 105. The van der Waals surface area contributed by atoms with Gasteiger partial charge >= 0.3 is 66.5 Å². The maximum absolute atomic E-state index is 8.42. The zero-order valence-electron chi connectivity index (χ0n) is 2.96. The first-order valence-electron chi connectivity index (χ1n) is 0.706. The first kappa shape index (κ1) is 15.7. The maximum atomic E-state index is 8.42. The Bertz CT molecular complexity index is 15.5. The summed E-state index contributed by atoms with van der Waals surface area (Å²) < 4.78 is 24.6. The summed E-state index contributed by atoms with van der Waals surface area (Å²) in [6.07, 6.45) is 0. The molecule has 0 fully saturated rings. The van der Waals surface area contributed by atoms with Crippen LogP contribution in [0.15, 0.2) is 0 Å². The molecule has 6 heteroatoms. The van der Waals surface area contributed by atoms with E-state index in [1.54, 1.807) is 0 Å². The molecule has 0 atom stereocenters. The quantitative estimate of drug-likeness (QED) is 0.484. The van der Waals surface area contributed by atoms with Crippen LogP contribution >= 0.6 is 0 Å². The molecule has 0 aliphatic carbocycles. The molecule has 0 saturated heterocycles. The minimum atomic E-state index is -0.1000. The monoisotopic (exact) mass is 250 g/mol. The van der Waals surface area contributed by atoms with E-state index in [0.29, 0.717) is 16.2 Å². The Morgan fingerprint density at radius 3 is 1.17 bits per heavy atom. The molecule has 6 heavy (non-hydrogen) atoms. The summed E-state index contributed by atoms with van der Waals surface area (Å²) in [5.41, 5.74) is 0. The van der Waals surface area contributed by atoms with Crippen LogP contribution in [0.4, 0.5) is 0 Å². The summed E-state index contributed by atoms with van der Waals surface area (Å²) in [6, 6.07) is 0. The van der Waals surface area contributed by atoms with Gasteiger partial charge in [-0.1, -0.05) is 0 Å². The predicted octanol–water partition coefficient (Wildman–Crippen LogP) is -1.66. The van der Waals surface area contributed by atoms with Crippen molar-refractivity contribution >= 4 is 40.6 Å². The van der Waals surface area contributed by atoms with Crippen molar-refractivity contribution in [1.82, 2.24) is 0 Å². The zero-order valence-corrected chi connectivity index (χ0v) is 9.39. The third-order valence-corrected chi connectivity index (χ3v) is 0. The van der Waals surface area contributed by atoms with Crippen LogP contribution in [-0.2, 0) is 25.9 Å². The summed E-state index contributed by atoms with van der Waals surface area (Å²) >= 11 is 3.14. The average molecular weight is 251 g/mol. The van der Waals surface area contributed by atoms with Crippen molar-refractivity contribution in [3.63, 3.8) is 0 Å². The average Bonchev–Trinajstić information content (AvgIpc) is 1.81. The van der Waals surface area contributed by atoms with Gasteiger partial charge in [-0.05, 0) is 0 Å². The van der Waals surface area contributed by atoms with Gasteiger partial charge in [0.15, 0.2) is 0 Å². The van der Waals surface area contributed by atoms with Crippen LogP contribution in [0.1, 0.15) is 0 Å². The standard InChI is InChI=1S/Al.In.Ni.3O.2H. The Hall–Kier alpha value is 1.30. The molecule has 3 nitrogen and oxygen atoms in total. The third kappa shape index (κ3) is 58.2. The molecule has 0 rings (SSSR count). The van der Waals surface area contributed by atoms with E-state index >= 15 is 0 Å². The molecule has 0 aromatic heterocycles. The van der Waals surface area contributed by atoms with Crippen molar-refractivity contribution in [3.8, 4) is 0 Å². The fourth-order valence-corrected chi connectivity index (χ4v) is 0. The molecule has 0 unspecified atom stereocenters. The molecule has 0 N–H and O–H groups in total. The minimum absolute atomic E-state index is 0.1000. The fourth-order valence-electron chi connectivity index (χ4n) is 0. The fraction of sp³-hybridized carbons (Fsp3) is 0. The first-order chi connectivity index (χ1) is 3.00. The van der Waals surface area contributed by atoms with Gasteiger partial charge in [0.05, 0.1) is 0 Å². The van der Waals surface area contributed by atoms with E-state index in [9.17, 15) is 0 Å². The van der Waals surface area contributed by atoms with Crippen molar-refractivity contribution in [3.05, 3.63) is 0 Å². The first-order valence-corrected chi connectivity index (χ1v) is 3.33. The van der Waals surface area contributed by atoms with E-state index < -0.39 is 0 Å². The molecule has 0 aliphatic rings. The second-order valence-electron chi connectivity index (χ2n) is 0. The van der Waals surface area contributed by atoms with Crippen LogP contribution in [0.3, 0.4) is 0 Å².